The van der Waals surface area contributed by atoms with E-state index in [0.717, 1.165) is 16.9 Å². The third-order valence-corrected chi connectivity index (χ3v) is 3.39. The van der Waals surface area contributed by atoms with Crippen LogP contribution >= 0.6 is 0 Å². The number of hydrogen-bond acceptors (Lipinski definition) is 5. The highest BCUT2D eigenvalue weighted by molar-refractivity contribution is 5.99. The first-order chi connectivity index (χ1) is 12.1. The number of aryl methyl sites for hydroxylation is 1. The van der Waals surface area contributed by atoms with Gasteiger partial charge in [0.05, 0.1) is 17.6 Å². The zero-order chi connectivity index (χ0) is 17.6. The van der Waals surface area contributed by atoms with Crippen molar-refractivity contribution in [3.8, 4) is 11.3 Å². The molecule has 25 heavy (non-hydrogen) atoms. The van der Waals surface area contributed by atoms with Crippen LogP contribution in [0.25, 0.3) is 11.3 Å². The second-order valence-electron chi connectivity index (χ2n) is 5.39. The third-order valence-electron chi connectivity index (χ3n) is 3.39. The van der Waals surface area contributed by atoms with E-state index in [1.54, 1.807) is 23.9 Å². The molecule has 0 aliphatic rings. The zero-order valence-corrected chi connectivity index (χ0v) is 14.0. The Hall–Kier alpha value is -3.48. The van der Waals surface area contributed by atoms with Crippen LogP contribution in [0.15, 0.2) is 61.2 Å². The molecular weight excluding hydrogens is 316 g/mol. The highest BCUT2D eigenvalue weighted by Crippen LogP contribution is 2.23. The lowest BCUT2D eigenvalue weighted by molar-refractivity contribution is -0.111. The molecule has 0 saturated carbocycles. The number of anilines is 3. The number of nitrogens with one attached hydrogen (secondary N) is 2. The second kappa shape index (κ2) is 7.39. The Kier molecular flexibility index (Phi) is 4.84. The summed E-state index contributed by atoms with van der Waals surface area (Å²) in [7, 11) is 1.85. The summed E-state index contributed by atoms with van der Waals surface area (Å²) in [6, 6.07) is 9.36. The minimum absolute atomic E-state index is 0.165. The Bertz CT molecular complexity index is 915. The number of rotatable bonds is 5. The van der Waals surface area contributed by atoms with Gasteiger partial charge in [-0.3, -0.25) is 9.48 Å². The number of aromatic nitrogens is 4. The standard InChI is InChI=1S/C18H18N6O/c1-3-5-18(25)23-14-7-4-6-13(8-14)16-9-17(20-12-19-16)22-15-10-21-24(2)11-15/h3-12H,1-2H3,(H,23,25)(H,19,20,22)/b5-3+. The molecule has 3 aromatic rings. The molecule has 0 spiro atoms. The van der Waals surface area contributed by atoms with E-state index < -0.39 is 0 Å². The first kappa shape index (κ1) is 16.4. The van der Waals surface area contributed by atoms with Gasteiger partial charge in [0.15, 0.2) is 0 Å². The molecule has 2 aromatic heterocycles. The third kappa shape index (κ3) is 4.29. The second-order valence-corrected chi connectivity index (χ2v) is 5.39. The van der Waals surface area contributed by atoms with Crippen molar-refractivity contribution in [2.75, 3.05) is 10.6 Å². The number of allylic oxidation sites excluding steroid dienone is 1. The average Bonchev–Trinajstić information content (AvgIpc) is 3.00. The quantitative estimate of drug-likeness (QED) is 0.700. The molecule has 0 radical (unpaired) electrons. The maximum absolute atomic E-state index is 11.7. The van der Waals surface area contributed by atoms with Crippen LogP contribution in [0.4, 0.5) is 17.2 Å². The number of carbonyl (C=O) groups is 1. The normalized spacial score (nSPS) is 10.8. The summed E-state index contributed by atoms with van der Waals surface area (Å²) in [5, 5.41) is 10.1. The number of carbonyl (C=O) groups excluding carboxylic acids is 1. The molecule has 1 amide bonds. The van der Waals surface area contributed by atoms with E-state index >= 15 is 0 Å². The van der Waals surface area contributed by atoms with Gasteiger partial charge in [-0.2, -0.15) is 5.10 Å². The molecule has 0 saturated heterocycles. The summed E-state index contributed by atoms with van der Waals surface area (Å²) in [6.07, 6.45) is 8.25. The van der Waals surface area contributed by atoms with Crippen LogP contribution in [0.2, 0.25) is 0 Å². The molecule has 126 valence electrons. The van der Waals surface area contributed by atoms with E-state index in [0.29, 0.717) is 11.5 Å². The monoisotopic (exact) mass is 334 g/mol. The van der Waals surface area contributed by atoms with Crippen LogP contribution in [0.1, 0.15) is 6.92 Å². The van der Waals surface area contributed by atoms with Crippen molar-refractivity contribution in [2.24, 2.45) is 7.05 Å². The lowest BCUT2D eigenvalue weighted by atomic mass is 10.1. The summed E-state index contributed by atoms with van der Waals surface area (Å²) in [6.45, 7) is 1.80. The van der Waals surface area contributed by atoms with Gasteiger partial charge in [-0.05, 0) is 25.1 Å². The lowest BCUT2D eigenvalue weighted by Gasteiger charge is -2.07. The predicted molar refractivity (Wildman–Crippen MR) is 97.4 cm³/mol. The van der Waals surface area contributed by atoms with Gasteiger partial charge in [0.25, 0.3) is 0 Å². The van der Waals surface area contributed by atoms with E-state index in [2.05, 4.69) is 25.7 Å². The Morgan fingerprint density at radius 3 is 2.84 bits per heavy atom. The van der Waals surface area contributed by atoms with Crippen molar-refractivity contribution in [2.45, 2.75) is 6.92 Å². The fraction of sp³-hybridized carbons (Fsp3) is 0.111. The smallest absolute Gasteiger partial charge is 0.248 e. The van der Waals surface area contributed by atoms with Gasteiger partial charge in [0, 0.05) is 30.6 Å². The fourth-order valence-electron chi connectivity index (χ4n) is 2.31. The molecule has 0 fully saturated rings. The fourth-order valence-corrected chi connectivity index (χ4v) is 2.31. The number of nitrogens with zero attached hydrogens (tertiary/aromatic N) is 4. The molecule has 0 aliphatic carbocycles. The van der Waals surface area contributed by atoms with Crippen molar-refractivity contribution in [3.63, 3.8) is 0 Å². The van der Waals surface area contributed by atoms with Gasteiger partial charge in [0.2, 0.25) is 5.91 Å². The molecule has 3 rings (SSSR count). The molecule has 0 unspecified atom stereocenters. The lowest BCUT2D eigenvalue weighted by Crippen LogP contribution is -2.07. The maximum atomic E-state index is 11.7. The van der Waals surface area contributed by atoms with E-state index in [1.165, 1.54) is 12.4 Å². The Labute approximate surface area is 145 Å². The number of hydrogen-bond donors (Lipinski definition) is 2. The van der Waals surface area contributed by atoms with E-state index in [9.17, 15) is 4.79 Å². The summed E-state index contributed by atoms with van der Waals surface area (Å²) in [4.78, 5) is 20.2. The first-order valence-corrected chi connectivity index (χ1v) is 7.76. The largest absolute Gasteiger partial charge is 0.338 e. The van der Waals surface area contributed by atoms with Crippen molar-refractivity contribution in [1.82, 2.24) is 19.7 Å². The number of benzene rings is 1. The minimum atomic E-state index is -0.165. The highest BCUT2D eigenvalue weighted by Gasteiger charge is 2.05. The molecule has 2 heterocycles. The summed E-state index contributed by atoms with van der Waals surface area (Å²) in [5.41, 5.74) is 3.19. The SMILES string of the molecule is C/C=C/C(=O)Nc1cccc(-c2cc(Nc3cnn(C)c3)ncn2)c1. The first-order valence-electron chi connectivity index (χ1n) is 7.76. The van der Waals surface area contributed by atoms with Crippen LogP contribution in [-0.4, -0.2) is 25.7 Å². The van der Waals surface area contributed by atoms with Gasteiger partial charge in [-0.25, -0.2) is 9.97 Å². The Morgan fingerprint density at radius 1 is 1.20 bits per heavy atom. The van der Waals surface area contributed by atoms with E-state index in [1.807, 2.05) is 43.6 Å². The molecule has 0 bridgehead atoms. The predicted octanol–water partition coefficient (Wildman–Crippen LogP) is 3.14. The summed E-state index contributed by atoms with van der Waals surface area (Å²) in [5.74, 6) is 0.502. The van der Waals surface area contributed by atoms with E-state index in [-0.39, 0.29) is 5.91 Å². The Morgan fingerprint density at radius 2 is 2.08 bits per heavy atom. The van der Waals surface area contributed by atoms with Crippen LogP contribution < -0.4 is 10.6 Å². The van der Waals surface area contributed by atoms with Crippen molar-refractivity contribution in [1.29, 1.82) is 0 Å². The topological polar surface area (TPSA) is 84.7 Å². The van der Waals surface area contributed by atoms with Crippen molar-refractivity contribution >= 4 is 23.1 Å². The van der Waals surface area contributed by atoms with Crippen LogP contribution in [0.5, 0.6) is 0 Å². The van der Waals surface area contributed by atoms with Gasteiger partial charge >= 0.3 is 0 Å². The summed E-state index contributed by atoms with van der Waals surface area (Å²) < 4.78 is 1.71. The Balaban J connectivity index is 1.82. The molecule has 2 N–H and O–H groups in total. The van der Waals surface area contributed by atoms with Gasteiger partial charge in [-0.1, -0.05) is 18.2 Å². The average molecular weight is 334 g/mol. The van der Waals surface area contributed by atoms with Crippen molar-refractivity contribution in [3.05, 3.63) is 61.2 Å². The molecule has 1 aromatic carbocycles. The maximum Gasteiger partial charge on any atom is 0.248 e. The van der Waals surface area contributed by atoms with Crippen LogP contribution in [0, 0.1) is 0 Å². The van der Waals surface area contributed by atoms with Crippen molar-refractivity contribution < 1.29 is 4.79 Å². The molecular formula is C18H18N6O. The number of amides is 1. The van der Waals surface area contributed by atoms with Crippen LogP contribution in [0.3, 0.4) is 0 Å². The zero-order valence-electron chi connectivity index (χ0n) is 14.0. The van der Waals surface area contributed by atoms with Gasteiger partial charge in [-0.15, -0.1) is 0 Å². The van der Waals surface area contributed by atoms with Crippen LogP contribution in [-0.2, 0) is 11.8 Å². The van der Waals surface area contributed by atoms with Gasteiger partial charge < -0.3 is 10.6 Å². The van der Waals surface area contributed by atoms with E-state index in [4.69, 9.17) is 0 Å². The minimum Gasteiger partial charge on any atom is -0.338 e. The molecule has 7 heteroatoms. The molecule has 0 aliphatic heterocycles. The molecule has 7 nitrogen and oxygen atoms in total. The summed E-state index contributed by atoms with van der Waals surface area (Å²) >= 11 is 0. The molecule has 0 atom stereocenters. The van der Waals surface area contributed by atoms with Gasteiger partial charge in [0.1, 0.15) is 12.1 Å². The highest BCUT2D eigenvalue weighted by atomic mass is 16.1.